The highest BCUT2D eigenvalue weighted by Crippen LogP contribution is 2.33. The van der Waals surface area contributed by atoms with E-state index in [0.717, 1.165) is 40.8 Å². The third-order valence-electron chi connectivity index (χ3n) is 5.23. The zero-order valence-electron chi connectivity index (χ0n) is 17.3. The van der Waals surface area contributed by atoms with E-state index in [1.807, 2.05) is 11.8 Å². The van der Waals surface area contributed by atoms with Gasteiger partial charge in [0.1, 0.15) is 5.03 Å². The molecule has 1 aromatic carbocycles. The van der Waals surface area contributed by atoms with Crippen molar-refractivity contribution in [1.29, 1.82) is 0 Å². The molecule has 4 nitrogen and oxygen atoms in total. The van der Waals surface area contributed by atoms with Crippen LogP contribution in [0.3, 0.4) is 0 Å². The van der Waals surface area contributed by atoms with Gasteiger partial charge in [-0.15, -0.1) is 11.8 Å². The first-order valence-electron chi connectivity index (χ1n) is 9.99. The van der Waals surface area contributed by atoms with Gasteiger partial charge in [-0.1, -0.05) is 23.8 Å². The Morgan fingerprint density at radius 3 is 2.67 bits per heavy atom. The maximum atomic E-state index is 6.07. The second-order valence-corrected chi connectivity index (χ2v) is 9.01. The first-order chi connectivity index (χ1) is 12.9. The van der Waals surface area contributed by atoms with Crippen LogP contribution in [0.5, 0.6) is 0 Å². The molecule has 1 N–H and O–H groups in total. The second kappa shape index (κ2) is 8.72. The predicted octanol–water partition coefficient (Wildman–Crippen LogP) is 3.32. The van der Waals surface area contributed by atoms with Crippen LogP contribution in [0.25, 0.3) is 11.4 Å². The van der Waals surface area contributed by atoms with Crippen LogP contribution in [-0.4, -0.2) is 41.0 Å². The number of fused-ring (bicyclic) bond motifs is 1. The van der Waals surface area contributed by atoms with Gasteiger partial charge < -0.3 is 9.64 Å². The molecule has 0 saturated heterocycles. The standard InChI is InChI=1S/C22H31N3OS/c1-6-25(7-2)11-12-27-21-18-15-26-22(4,5)14-19(18)23-20(24-21)17-10-8-9-16(3)13-17/h8-10,13H,6-7,11-12,14-15H2,1-5H3/p+1. The van der Waals surface area contributed by atoms with E-state index in [4.69, 9.17) is 14.7 Å². The smallest absolute Gasteiger partial charge is 0.160 e. The van der Waals surface area contributed by atoms with Crippen molar-refractivity contribution in [3.8, 4) is 11.4 Å². The van der Waals surface area contributed by atoms with Crippen molar-refractivity contribution >= 4 is 11.8 Å². The molecule has 0 aliphatic carbocycles. The third-order valence-corrected chi connectivity index (χ3v) is 6.25. The maximum Gasteiger partial charge on any atom is 0.160 e. The Balaban J connectivity index is 1.92. The van der Waals surface area contributed by atoms with Gasteiger partial charge in [0.05, 0.1) is 37.5 Å². The van der Waals surface area contributed by atoms with Crippen LogP contribution in [0.1, 0.15) is 44.5 Å². The van der Waals surface area contributed by atoms with Gasteiger partial charge in [0.25, 0.3) is 0 Å². The summed E-state index contributed by atoms with van der Waals surface area (Å²) in [5.74, 6) is 1.91. The molecule has 0 amide bonds. The van der Waals surface area contributed by atoms with Gasteiger partial charge in [-0.2, -0.15) is 0 Å². The van der Waals surface area contributed by atoms with Crippen LogP contribution < -0.4 is 4.90 Å². The molecule has 2 aromatic rings. The Bertz CT molecular complexity index is 787. The van der Waals surface area contributed by atoms with E-state index in [9.17, 15) is 0 Å². The number of nitrogens with one attached hydrogen (secondary N) is 1. The molecule has 0 spiro atoms. The van der Waals surface area contributed by atoms with Gasteiger partial charge in [-0.3, -0.25) is 0 Å². The zero-order valence-corrected chi connectivity index (χ0v) is 18.1. The van der Waals surface area contributed by atoms with Crippen LogP contribution in [0.4, 0.5) is 0 Å². The fourth-order valence-electron chi connectivity index (χ4n) is 3.45. The quantitative estimate of drug-likeness (QED) is 0.585. The fourth-order valence-corrected chi connectivity index (χ4v) is 4.53. The molecule has 3 rings (SSSR count). The SMILES string of the molecule is CC[NH+](CC)CCSc1nc(-c2cccc(C)c2)nc2c1COC(C)(C)C2. The summed E-state index contributed by atoms with van der Waals surface area (Å²) in [6.07, 6.45) is 0.832. The molecular weight excluding hydrogens is 354 g/mol. The summed E-state index contributed by atoms with van der Waals surface area (Å²) in [5.41, 5.74) is 4.49. The highest BCUT2D eigenvalue weighted by molar-refractivity contribution is 7.99. The van der Waals surface area contributed by atoms with E-state index in [1.54, 1.807) is 4.90 Å². The summed E-state index contributed by atoms with van der Waals surface area (Å²) >= 11 is 1.86. The molecule has 1 aliphatic heterocycles. The molecule has 0 atom stereocenters. The van der Waals surface area contributed by atoms with E-state index in [1.165, 1.54) is 24.2 Å². The van der Waals surface area contributed by atoms with Crippen molar-refractivity contribution in [2.24, 2.45) is 0 Å². The van der Waals surface area contributed by atoms with Crippen molar-refractivity contribution in [3.63, 3.8) is 0 Å². The van der Waals surface area contributed by atoms with E-state index in [2.05, 4.69) is 58.9 Å². The summed E-state index contributed by atoms with van der Waals surface area (Å²) < 4.78 is 6.07. The molecular formula is C22H32N3OS+. The molecule has 5 heteroatoms. The summed E-state index contributed by atoms with van der Waals surface area (Å²) in [6.45, 7) is 15.0. The average molecular weight is 387 g/mol. The van der Waals surface area contributed by atoms with E-state index >= 15 is 0 Å². The minimum Gasteiger partial charge on any atom is -0.370 e. The van der Waals surface area contributed by atoms with Crippen LogP contribution in [0.15, 0.2) is 29.3 Å². The third kappa shape index (κ3) is 5.09. The highest BCUT2D eigenvalue weighted by Gasteiger charge is 2.30. The number of ether oxygens (including phenoxy) is 1. The lowest BCUT2D eigenvalue weighted by Gasteiger charge is -2.32. The van der Waals surface area contributed by atoms with Gasteiger partial charge in [-0.05, 0) is 40.7 Å². The Labute approximate surface area is 167 Å². The largest absolute Gasteiger partial charge is 0.370 e. The zero-order chi connectivity index (χ0) is 19.4. The first-order valence-corrected chi connectivity index (χ1v) is 11.0. The summed E-state index contributed by atoms with van der Waals surface area (Å²) in [4.78, 5) is 11.5. The minimum atomic E-state index is -0.168. The number of aryl methyl sites for hydroxylation is 1. The number of hydrogen-bond acceptors (Lipinski definition) is 4. The lowest BCUT2D eigenvalue weighted by Crippen LogP contribution is -3.11. The average Bonchev–Trinajstić information content (AvgIpc) is 2.64. The van der Waals surface area contributed by atoms with E-state index in [0.29, 0.717) is 6.61 Å². The van der Waals surface area contributed by atoms with Crippen molar-refractivity contribution in [3.05, 3.63) is 41.1 Å². The maximum absolute atomic E-state index is 6.07. The Morgan fingerprint density at radius 1 is 1.19 bits per heavy atom. The van der Waals surface area contributed by atoms with Gasteiger partial charge in [0.15, 0.2) is 5.82 Å². The fraction of sp³-hybridized carbons (Fsp3) is 0.545. The lowest BCUT2D eigenvalue weighted by molar-refractivity contribution is -0.893. The van der Waals surface area contributed by atoms with Gasteiger partial charge in [-0.25, -0.2) is 9.97 Å². The number of aromatic nitrogens is 2. The van der Waals surface area contributed by atoms with Gasteiger partial charge in [0, 0.05) is 23.3 Å². The van der Waals surface area contributed by atoms with Crippen molar-refractivity contribution in [2.45, 2.75) is 58.3 Å². The van der Waals surface area contributed by atoms with Crippen LogP contribution in [-0.2, 0) is 17.8 Å². The van der Waals surface area contributed by atoms with Gasteiger partial charge in [0.2, 0.25) is 0 Å². The molecule has 0 fully saturated rings. The van der Waals surface area contributed by atoms with Crippen molar-refractivity contribution in [2.75, 3.05) is 25.4 Å². The molecule has 0 saturated carbocycles. The number of quaternary nitrogens is 1. The molecule has 0 bridgehead atoms. The summed E-state index contributed by atoms with van der Waals surface area (Å²) in [6, 6.07) is 8.47. The first kappa shape index (κ1) is 20.3. The normalized spacial score (nSPS) is 15.8. The number of benzene rings is 1. The second-order valence-electron chi connectivity index (χ2n) is 7.93. The Kier molecular flexibility index (Phi) is 6.56. The molecule has 27 heavy (non-hydrogen) atoms. The van der Waals surface area contributed by atoms with Crippen LogP contribution >= 0.6 is 11.8 Å². The molecule has 146 valence electrons. The summed E-state index contributed by atoms with van der Waals surface area (Å²) in [7, 11) is 0. The highest BCUT2D eigenvalue weighted by atomic mass is 32.2. The number of hydrogen-bond donors (Lipinski definition) is 1. The predicted molar refractivity (Wildman–Crippen MR) is 112 cm³/mol. The lowest BCUT2D eigenvalue weighted by atomic mass is 9.96. The molecule has 1 aliphatic rings. The molecule has 1 aromatic heterocycles. The number of rotatable bonds is 7. The molecule has 2 heterocycles. The van der Waals surface area contributed by atoms with Crippen molar-refractivity contribution in [1.82, 2.24) is 9.97 Å². The molecule has 0 unspecified atom stereocenters. The Hall–Kier alpha value is -1.43. The van der Waals surface area contributed by atoms with Crippen LogP contribution in [0, 0.1) is 6.92 Å². The van der Waals surface area contributed by atoms with Gasteiger partial charge >= 0.3 is 0 Å². The Morgan fingerprint density at radius 2 is 1.96 bits per heavy atom. The monoisotopic (exact) mass is 386 g/mol. The number of nitrogens with zero attached hydrogens (tertiary/aromatic N) is 2. The summed E-state index contributed by atoms with van der Waals surface area (Å²) in [5, 5.41) is 1.10. The number of thioether (sulfide) groups is 1. The topological polar surface area (TPSA) is 39.5 Å². The minimum absolute atomic E-state index is 0.168. The van der Waals surface area contributed by atoms with Crippen LogP contribution in [0.2, 0.25) is 0 Å². The van der Waals surface area contributed by atoms with Crippen molar-refractivity contribution < 1.29 is 9.64 Å². The van der Waals surface area contributed by atoms with E-state index in [-0.39, 0.29) is 5.60 Å². The van der Waals surface area contributed by atoms with E-state index < -0.39 is 0 Å². The molecule has 0 radical (unpaired) electrons.